The summed E-state index contributed by atoms with van der Waals surface area (Å²) in [5.74, 6) is -0.318. The van der Waals surface area contributed by atoms with Gasteiger partial charge in [-0.15, -0.1) is 11.3 Å². The maximum Gasteiger partial charge on any atom is 0.319 e. The van der Waals surface area contributed by atoms with Crippen molar-refractivity contribution in [2.45, 2.75) is 24.3 Å². The molecule has 5 nitrogen and oxygen atoms in total. The van der Waals surface area contributed by atoms with Gasteiger partial charge in [0, 0.05) is 10.9 Å². The number of aromatic amines is 1. The fourth-order valence-corrected chi connectivity index (χ4v) is 4.09. The minimum atomic E-state index is -0.431. The number of esters is 1. The molecule has 2 aromatic heterocycles. The third kappa shape index (κ3) is 3.37. The number of thiophene rings is 1. The molecule has 3 rings (SSSR count). The summed E-state index contributed by atoms with van der Waals surface area (Å²) in [6.45, 7) is 3.83. The Labute approximate surface area is 147 Å². The molecule has 0 aliphatic carbocycles. The van der Waals surface area contributed by atoms with Crippen LogP contribution in [0.3, 0.4) is 0 Å². The molecule has 1 atom stereocenters. The van der Waals surface area contributed by atoms with E-state index in [1.165, 1.54) is 23.1 Å². The fourth-order valence-electron chi connectivity index (χ4n) is 2.29. The van der Waals surface area contributed by atoms with Gasteiger partial charge in [-0.25, -0.2) is 4.98 Å². The first-order chi connectivity index (χ1) is 11.6. The molecule has 124 valence electrons. The highest BCUT2D eigenvalue weighted by Gasteiger charge is 2.19. The number of aromatic nitrogens is 2. The zero-order valence-electron chi connectivity index (χ0n) is 13.2. The van der Waals surface area contributed by atoms with E-state index < -0.39 is 5.25 Å². The number of hydrogen-bond acceptors (Lipinski definition) is 6. The summed E-state index contributed by atoms with van der Waals surface area (Å²) < 4.78 is 4.98. The third-order valence-corrected chi connectivity index (χ3v) is 5.25. The van der Waals surface area contributed by atoms with Crippen LogP contribution < -0.4 is 5.56 Å². The minimum absolute atomic E-state index is 0.196. The van der Waals surface area contributed by atoms with Gasteiger partial charge in [-0.1, -0.05) is 42.1 Å². The van der Waals surface area contributed by atoms with E-state index >= 15 is 0 Å². The molecule has 24 heavy (non-hydrogen) atoms. The van der Waals surface area contributed by atoms with E-state index in [1.54, 1.807) is 13.8 Å². The van der Waals surface area contributed by atoms with Crippen molar-refractivity contribution in [3.63, 3.8) is 0 Å². The first-order valence-electron chi connectivity index (χ1n) is 7.50. The van der Waals surface area contributed by atoms with Crippen molar-refractivity contribution in [3.8, 4) is 11.1 Å². The fraction of sp³-hybridized carbons (Fsp3) is 0.235. The van der Waals surface area contributed by atoms with E-state index in [0.717, 1.165) is 11.1 Å². The zero-order valence-corrected chi connectivity index (χ0v) is 14.9. The molecule has 0 fully saturated rings. The Kier molecular flexibility index (Phi) is 5.01. The molecule has 0 saturated heterocycles. The summed E-state index contributed by atoms with van der Waals surface area (Å²) in [5, 5.41) is 2.51. The second-order valence-electron chi connectivity index (χ2n) is 5.08. The van der Waals surface area contributed by atoms with Crippen LogP contribution in [0.25, 0.3) is 21.3 Å². The third-order valence-electron chi connectivity index (χ3n) is 3.41. The second kappa shape index (κ2) is 7.19. The van der Waals surface area contributed by atoms with E-state index in [2.05, 4.69) is 9.97 Å². The number of fused-ring (bicyclic) bond motifs is 1. The molecule has 0 aliphatic heterocycles. The van der Waals surface area contributed by atoms with Crippen molar-refractivity contribution in [2.75, 3.05) is 6.61 Å². The van der Waals surface area contributed by atoms with Crippen LogP contribution in [0.2, 0.25) is 0 Å². The van der Waals surface area contributed by atoms with Crippen molar-refractivity contribution >= 4 is 39.3 Å². The topological polar surface area (TPSA) is 72.0 Å². The lowest BCUT2D eigenvalue weighted by molar-refractivity contribution is -0.142. The lowest BCUT2D eigenvalue weighted by Crippen LogP contribution is -2.18. The largest absolute Gasteiger partial charge is 0.465 e. The van der Waals surface area contributed by atoms with E-state index in [-0.39, 0.29) is 11.5 Å². The Bertz CT molecular complexity index is 918. The molecule has 1 aromatic carbocycles. The monoisotopic (exact) mass is 360 g/mol. The first kappa shape index (κ1) is 16.7. The van der Waals surface area contributed by atoms with Crippen LogP contribution in [0.15, 0.2) is 45.7 Å². The Hall–Kier alpha value is -2.12. The summed E-state index contributed by atoms with van der Waals surface area (Å²) in [6, 6.07) is 9.74. The molecule has 0 saturated carbocycles. The molecule has 2 heterocycles. The number of thioether (sulfide) groups is 1. The highest BCUT2D eigenvalue weighted by atomic mass is 32.2. The van der Waals surface area contributed by atoms with Crippen molar-refractivity contribution in [1.29, 1.82) is 0 Å². The van der Waals surface area contributed by atoms with Crippen molar-refractivity contribution < 1.29 is 9.53 Å². The molecule has 0 unspecified atom stereocenters. The number of H-pyrrole nitrogens is 1. The predicted octanol–water partition coefficient (Wildman–Crippen LogP) is 3.70. The lowest BCUT2D eigenvalue weighted by atomic mass is 10.1. The van der Waals surface area contributed by atoms with Crippen LogP contribution in [0.5, 0.6) is 0 Å². The molecular formula is C17H16N2O3S2. The highest BCUT2D eigenvalue weighted by Crippen LogP contribution is 2.31. The molecule has 0 bridgehead atoms. The standard InChI is InChI=1S/C17H16N2O3S2/c1-3-22-16(21)10(2)24-17-18-14(20)13-12(9-23-15(13)19-17)11-7-5-4-6-8-11/h4-10H,3H2,1-2H3,(H,18,19,20)/t10-/m1/s1. The van der Waals surface area contributed by atoms with Crippen LogP contribution in [-0.4, -0.2) is 27.8 Å². The average Bonchev–Trinajstić information content (AvgIpc) is 3.00. The highest BCUT2D eigenvalue weighted by molar-refractivity contribution is 8.00. The number of carbonyl (C=O) groups is 1. The number of benzene rings is 1. The molecule has 0 amide bonds. The number of ether oxygens (including phenoxy) is 1. The molecule has 0 aliphatic rings. The van der Waals surface area contributed by atoms with E-state index in [9.17, 15) is 9.59 Å². The molecular weight excluding hydrogens is 344 g/mol. The SMILES string of the molecule is CCOC(=O)[C@@H](C)Sc1nc2scc(-c3ccccc3)c2c(=O)[nH]1. The number of hydrogen-bond donors (Lipinski definition) is 1. The number of nitrogens with one attached hydrogen (secondary N) is 1. The Morgan fingerprint density at radius 3 is 2.83 bits per heavy atom. The smallest absolute Gasteiger partial charge is 0.319 e. The van der Waals surface area contributed by atoms with Gasteiger partial charge >= 0.3 is 5.97 Å². The Morgan fingerprint density at radius 1 is 1.38 bits per heavy atom. The number of nitrogens with zero attached hydrogens (tertiary/aromatic N) is 1. The van der Waals surface area contributed by atoms with E-state index in [1.807, 2.05) is 35.7 Å². The van der Waals surface area contributed by atoms with Crippen LogP contribution in [0.4, 0.5) is 0 Å². The van der Waals surface area contributed by atoms with Gasteiger partial charge in [0.25, 0.3) is 5.56 Å². The summed E-state index contributed by atoms with van der Waals surface area (Å²) in [4.78, 5) is 32.2. The predicted molar refractivity (Wildman–Crippen MR) is 97.6 cm³/mol. The summed E-state index contributed by atoms with van der Waals surface area (Å²) in [5.41, 5.74) is 1.66. The normalized spacial score (nSPS) is 12.2. The molecule has 0 radical (unpaired) electrons. The van der Waals surface area contributed by atoms with Gasteiger partial charge in [0.2, 0.25) is 0 Å². The van der Waals surface area contributed by atoms with Gasteiger partial charge in [0.1, 0.15) is 10.1 Å². The molecule has 3 aromatic rings. The van der Waals surface area contributed by atoms with Gasteiger partial charge in [-0.3, -0.25) is 9.59 Å². The van der Waals surface area contributed by atoms with Gasteiger partial charge in [-0.2, -0.15) is 0 Å². The van der Waals surface area contributed by atoms with Gasteiger partial charge < -0.3 is 9.72 Å². The summed E-state index contributed by atoms with van der Waals surface area (Å²) >= 11 is 2.61. The van der Waals surface area contributed by atoms with E-state index in [0.29, 0.717) is 22.0 Å². The van der Waals surface area contributed by atoms with Crippen LogP contribution in [0.1, 0.15) is 13.8 Å². The van der Waals surface area contributed by atoms with Crippen molar-refractivity contribution in [3.05, 3.63) is 46.1 Å². The quantitative estimate of drug-likeness (QED) is 0.427. The average molecular weight is 360 g/mol. The van der Waals surface area contributed by atoms with Crippen LogP contribution in [0, 0.1) is 0 Å². The maximum absolute atomic E-state index is 12.5. The zero-order chi connectivity index (χ0) is 17.1. The summed E-state index contributed by atoms with van der Waals surface area (Å²) in [7, 11) is 0. The number of carbonyl (C=O) groups excluding carboxylic acids is 1. The van der Waals surface area contributed by atoms with Crippen LogP contribution in [-0.2, 0) is 9.53 Å². The van der Waals surface area contributed by atoms with Crippen molar-refractivity contribution in [2.24, 2.45) is 0 Å². The van der Waals surface area contributed by atoms with Crippen LogP contribution >= 0.6 is 23.1 Å². The van der Waals surface area contributed by atoms with Gasteiger partial charge in [0.05, 0.1) is 12.0 Å². The van der Waals surface area contributed by atoms with E-state index in [4.69, 9.17) is 4.74 Å². The minimum Gasteiger partial charge on any atom is -0.465 e. The maximum atomic E-state index is 12.5. The number of rotatable bonds is 5. The second-order valence-corrected chi connectivity index (χ2v) is 7.27. The molecule has 7 heteroatoms. The van der Waals surface area contributed by atoms with Gasteiger partial charge in [0.15, 0.2) is 5.16 Å². The summed E-state index contributed by atoms with van der Waals surface area (Å²) in [6.07, 6.45) is 0. The van der Waals surface area contributed by atoms with Gasteiger partial charge in [-0.05, 0) is 19.4 Å². The lowest BCUT2D eigenvalue weighted by Gasteiger charge is -2.09. The Balaban J connectivity index is 1.95. The molecule has 1 N–H and O–H groups in total. The van der Waals surface area contributed by atoms with Crippen molar-refractivity contribution in [1.82, 2.24) is 9.97 Å². The Morgan fingerprint density at radius 2 is 2.12 bits per heavy atom. The first-order valence-corrected chi connectivity index (χ1v) is 9.26. The molecule has 0 spiro atoms.